The molecule has 0 heterocycles. The average Bonchev–Trinajstić information content (AvgIpc) is 2.40. The summed E-state index contributed by atoms with van der Waals surface area (Å²) in [6, 6.07) is 0.229. The summed E-state index contributed by atoms with van der Waals surface area (Å²) in [5.74, 6) is 0.0634. The lowest BCUT2D eigenvalue weighted by atomic mass is 9.86. The Morgan fingerprint density at radius 1 is 1.21 bits per heavy atom. The van der Waals surface area contributed by atoms with Crippen molar-refractivity contribution in [3.8, 4) is 0 Å². The van der Waals surface area contributed by atoms with Crippen LogP contribution in [0, 0.1) is 5.92 Å². The fourth-order valence-electron chi connectivity index (χ4n) is 2.46. The third-order valence-corrected chi connectivity index (χ3v) is 3.54. The van der Waals surface area contributed by atoms with E-state index in [1.54, 1.807) is 0 Å². The van der Waals surface area contributed by atoms with Gasteiger partial charge in [-0.05, 0) is 52.6 Å². The van der Waals surface area contributed by atoms with Crippen LogP contribution in [-0.2, 0) is 14.3 Å². The SMILES string of the molecule is CCOC(=O)C1CCC(NC(=O)CCCNC)CC1. The molecule has 1 saturated carbocycles. The van der Waals surface area contributed by atoms with Gasteiger partial charge in [0.1, 0.15) is 0 Å². The molecule has 0 radical (unpaired) electrons. The first kappa shape index (κ1) is 16.0. The molecule has 0 aliphatic heterocycles. The molecule has 1 aliphatic carbocycles. The van der Waals surface area contributed by atoms with Crippen LogP contribution >= 0.6 is 0 Å². The van der Waals surface area contributed by atoms with Crippen LogP contribution in [0.5, 0.6) is 0 Å². The quantitative estimate of drug-likeness (QED) is 0.539. The fraction of sp³-hybridized carbons (Fsp3) is 0.857. The summed E-state index contributed by atoms with van der Waals surface area (Å²) >= 11 is 0. The maximum absolute atomic E-state index is 11.7. The minimum Gasteiger partial charge on any atom is -0.466 e. The maximum Gasteiger partial charge on any atom is 0.308 e. The minimum absolute atomic E-state index is 0.0254. The lowest BCUT2D eigenvalue weighted by Crippen LogP contribution is -2.39. The molecule has 0 aromatic heterocycles. The second kappa shape index (κ2) is 8.91. The van der Waals surface area contributed by atoms with Crippen LogP contribution < -0.4 is 10.6 Å². The molecule has 0 bridgehead atoms. The first-order valence-corrected chi connectivity index (χ1v) is 7.28. The highest BCUT2D eigenvalue weighted by Crippen LogP contribution is 2.25. The van der Waals surface area contributed by atoms with Crippen molar-refractivity contribution in [2.24, 2.45) is 5.92 Å². The van der Waals surface area contributed by atoms with E-state index in [4.69, 9.17) is 4.74 Å². The van der Waals surface area contributed by atoms with Crippen molar-refractivity contribution in [2.45, 2.75) is 51.5 Å². The second-order valence-electron chi connectivity index (χ2n) is 5.08. The van der Waals surface area contributed by atoms with Gasteiger partial charge in [-0.3, -0.25) is 9.59 Å². The van der Waals surface area contributed by atoms with Crippen molar-refractivity contribution in [3.63, 3.8) is 0 Å². The minimum atomic E-state index is -0.0821. The van der Waals surface area contributed by atoms with Crippen LogP contribution in [-0.4, -0.2) is 38.1 Å². The molecule has 2 N–H and O–H groups in total. The molecular formula is C14H26N2O3. The zero-order valence-corrected chi connectivity index (χ0v) is 12.0. The number of hydrogen-bond donors (Lipinski definition) is 2. The molecular weight excluding hydrogens is 244 g/mol. The molecule has 1 aliphatic rings. The second-order valence-corrected chi connectivity index (χ2v) is 5.08. The number of esters is 1. The highest BCUT2D eigenvalue weighted by molar-refractivity contribution is 5.76. The number of rotatable bonds is 7. The Morgan fingerprint density at radius 2 is 1.89 bits per heavy atom. The van der Waals surface area contributed by atoms with Crippen LogP contribution in [0.2, 0.25) is 0 Å². The van der Waals surface area contributed by atoms with E-state index >= 15 is 0 Å². The highest BCUT2D eigenvalue weighted by Gasteiger charge is 2.27. The Balaban J connectivity index is 2.19. The normalized spacial score (nSPS) is 22.8. The molecule has 0 unspecified atom stereocenters. The van der Waals surface area contributed by atoms with Crippen LogP contribution in [0.4, 0.5) is 0 Å². The van der Waals surface area contributed by atoms with E-state index in [2.05, 4.69) is 10.6 Å². The molecule has 110 valence electrons. The monoisotopic (exact) mass is 270 g/mol. The van der Waals surface area contributed by atoms with Gasteiger partial charge >= 0.3 is 5.97 Å². The van der Waals surface area contributed by atoms with Gasteiger partial charge in [0.2, 0.25) is 5.91 Å². The summed E-state index contributed by atoms with van der Waals surface area (Å²) in [5, 5.41) is 6.08. The molecule has 5 nitrogen and oxygen atoms in total. The van der Waals surface area contributed by atoms with Crippen LogP contribution in [0.25, 0.3) is 0 Å². The fourth-order valence-corrected chi connectivity index (χ4v) is 2.46. The Morgan fingerprint density at radius 3 is 2.47 bits per heavy atom. The molecule has 0 aromatic rings. The van der Waals surface area contributed by atoms with Gasteiger partial charge in [-0.1, -0.05) is 0 Å². The summed E-state index contributed by atoms with van der Waals surface area (Å²) in [4.78, 5) is 23.3. The first-order valence-electron chi connectivity index (χ1n) is 7.28. The van der Waals surface area contributed by atoms with Crippen LogP contribution in [0.3, 0.4) is 0 Å². The van der Waals surface area contributed by atoms with E-state index in [0.29, 0.717) is 13.0 Å². The summed E-state index contributed by atoms with van der Waals surface area (Å²) in [5.41, 5.74) is 0. The zero-order valence-electron chi connectivity index (χ0n) is 12.0. The van der Waals surface area contributed by atoms with E-state index in [1.165, 1.54) is 0 Å². The molecule has 0 aromatic carbocycles. The third-order valence-electron chi connectivity index (χ3n) is 3.54. The largest absolute Gasteiger partial charge is 0.466 e. The Hall–Kier alpha value is -1.10. The number of ether oxygens (including phenoxy) is 1. The number of amides is 1. The zero-order chi connectivity index (χ0) is 14.1. The third kappa shape index (κ3) is 6.05. The number of hydrogen-bond acceptors (Lipinski definition) is 4. The Bertz CT molecular complexity index is 286. The van der Waals surface area contributed by atoms with Crippen molar-refractivity contribution in [1.29, 1.82) is 0 Å². The molecule has 1 amide bonds. The van der Waals surface area contributed by atoms with Crippen molar-refractivity contribution in [3.05, 3.63) is 0 Å². The van der Waals surface area contributed by atoms with Crippen molar-refractivity contribution in [1.82, 2.24) is 10.6 Å². The number of nitrogens with one attached hydrogen (secondary N) is 2. The molecule has 0 atom stereocenters. The summed E-state index contributed by atoms with van der Waals surface area (Å²) in [6.07, 6.45) is 4.82. The van der Waals surface area contributed by atoms with E-state index in [0.717, 1.165) is 38.6 Å². The Labute approximate surface area is 115 Å². The van der Waals surface area contributed by atoms with Crippen LogP contribution in [0.15, 0.2) is 0 Å². The summed E-state index contributed by atoms with van der Waals surface area (Å²) in [6.45, 7) is 3.14. The van der Waals surface area contributed by atoms with E-state index in [-0.39, 0.29) is 23.8 Å². The lowest BCUT2D eigenvalue weighted by molar-refractivity contribution is -0.149. The van der Waals surface area contributed by atoms with Gasteiger partial charge in [-0.2, -0.15) is 0 Å². The molecule has 0 spiro atoms. The number of carbonyl (C=O) groups is 2. The van der Waals surface area contributed by atoms with Gasteiger partial charge in [-0.25, -0.2) is 0 Å². The van der Waals surface area contributed by atoms with E-state index in [1.807, 2.05) is 14.0 Å². The number of carbonyl (C=O) groups excluding carboxylic acids is 2. The van der Waals surface area contributed by atoms with Gasteiger partial charge in [0.15, 0.2) is 0 Å². The van der Waals surface area contributed by atoms with E-state index in [9.17, 15) is 9.59 Å². The molecule has 1 fully saturated rings. The van der Waals surface area contributed by atoms with Crippen molar-refractivity contribution >= 4 is 11.9 Å². The van der Waals surface area contributed by atoms with Crippen molar-refractivity contribution in [2.75, 3.05) is 20.2 Å². The van der Waals surface area contributed by atoms with Gasteiger partial charge in [0.25, 0.3) is 0 Å². The first-order chi connectivity index (χ1) is 9.17. The predicted molar refractivity (Wildman–Crippen MR) is 73.7 cm³/mol. The summed E-state index contributed by atoms with van der Waals surface area (Å²) in [7, 11) is 1.88. The topological polar surface area (TPSA) is 67.4 Å². The van der Waals surface area contributed by atoms with Crippen LogP contribution in [0.1, 0.15) is 45.4 Å². The maximum atomic E-state index is 11.7. The van der Waals surface area contributed by atoms with Crippen molar-refractivity contribution < 1.29 is 14.3 Å². The standard InChI is InChI=1S/C14H26N2O3/c1-3-19-14(18)11-6-8-12(9-7-11)16-13(17)5-4-10-15-2/h11-12,15H,3-10H2,1-2H3,(H,16,17). The van der Waals surface area contributed by atoms with Gasteiger partial charge in [0.05, 0.1) is 12.5 Å². The average molecular weight is 270 g/mol. The van der Waals surface area contributed by atoms with Gasteiger partial charge in [-0.15, -0.1) is 0 Å². The smallest absolute Gasteiger partial charge is 0.308 e. The predicted octanol–water partition coefficient (Wildman–Crippen LogP) is 1.22. The van der Waals surface area contributed by atoms with Gasteiger partial charge in [0, 0.05) is 12.5 Å². The highest BCUT2D eigenvalue weighted by atomic mass is 16.5. The Kier molecular flexibility index (Phi) is 7.48. The summed E-state index contributed by atoms with van der Waals surface area (Å²) < 4.78 is 5.03. The molecule has 5 heteroatoms. The van der Waals surface area contributed by atoms with E-state index < -0.39 is 0 Å². The van der Waals surface area contributed by atoms with Gasteiger partial charge < -0.3 is 15.4 Å². The molecule has 1 rings (SSSR count). The molecule has 19 heavy (non-hydrogen) atoms. The molecule has 0 saturated heterocycles. The lowest BCUT2D eigenvalue weighted by Gasteiger charge is -2.27.